The Bertz CT molecular complexity index is 1170. The molecule has 4 rings (SSSR count). The summed E-state index contributed by atoms with van der Waals surface area (Å²) in [5.74, 6) is 0.251. The monoisotopic (exact) mass is 412 g/mol. The highest BCUT2D eigenvalue weighted by atomic mass is 16.3. The second-order valence-corrected chi connectivity index (χ2v) is 7.18. The van der Waals surface area contributed by atoms with Crippen molar-refractivity contribution in [1.82, 2.24) is 5.43 Å². The number of anilines is 2. The van der Waals surface area contributed by atoms with Gasteiger partial charge in [-0.05, 0) is 47.9 Å². The Morgan fingerprint density at radius 1 is 0.968 bits per heavy atom. The number of hydrogen-bond acceptors (Lipinski definition) is 5. The molecule has 3 aromatic rings. The highest BCUT2D eigenvalue weighted by Gasteiger charge is 2.19. The molecule has 0 radical (unpaired) electrons. The largest absolute Gasteiger partial charge is 0.505 e. The molecule has 0 atom stereocenters. The summed E-state index contributed by atoms with van der Waals surface area (Å²) in [6.07, 6.45) is 10.4. The van der Waals surface area contributed by atoms with Gasteiger partial charge in [-0.3, -0.25) is 15.6 Å². The van der Waals surface area contributed by atoms with Crippen LogP contribution in [0.1, 0.15) is 29.6 Å². The third kappa shape index (κ3) is 4.93. The smallest absolute Gasteiger partial charge is 0.260 e. The average Bonchev–Trinajstić information content (AvgIpc) is 2.92. The SMILES string of the molecule is O=C(Nc1ccccc1)c1c(O)c(NNC2=N/C=C\C=C/CCC2)cc2ccccc12. The van der Waals surface area contributed by atoms with Crippen molar-refractivity contribution in [2.45, 2.75) is 19.3 Å². The number of carbonyl (C=O) groups is 1. The number of aliphatic imine (C=N–C) groups is 1. The van der Waals surface area contributed by atoms with Crippen molar-refractivity contribution in [1.29, 1.82) is 0 Å². The molecule has 31 heavy (non-hydrogen) atoms. The second-order valence-electron chi connectivity index (χ2n) is 7.18. The van der Waals surface area contributed by atoms with Gasteiger partial charge >= 0.3 is 0 Å². The van der Waals surface area contributed by atoms with Crippen molar-refractivity contribution in [3.63, 3.8) is 0 Å². The fraction of sp³-hybridized carbons (Fsp3) is 0.120. The number of amides is 1. The Balaban J connectivity index is 1.64. The van der Waals surface area contributed by atoms with Crippen LogP contribution in [0.3, 0.4) is 0 Å². The summed E-state index contributed by atoms with van der Waals surface area (Å²) in [6, 6.07) is 18.5. The Morgan fingerprint density at radius 3 is 2.65 bits per heavy atom. The number of aromatic hydroxyl groups is 1. The molecule has 6 nitrogen and oxygen atoms in total. The Hall–Kier alpha value is -4.06. The number of nitrogens with one attached hydrogen (secondary N) is 3. The van der Waals surface area contributed by atoms with Crippen molar-refractivity contribution in [2.75, 3.05) is 10.7 Å². The lowest BCUT2D eigenvalue weighted by Gasteiger charge is -2.17. The van der Waals surface area contributed by atoms with E-state index in [1.165, 1.54) is 0 Å². The highest BCUT2D eigenvalue weighted by Crippen LogP contribution is 2.35. The highest BCUT2D eigenvalue weighted by molar-refractivity contribution is 6.16. The summed E-state index contributed by atoms with van der Waals surface area (Å²) in [5.41, 5.74) is 7.40. The molecule has 156 valence electrons. The number of amidine groups is 1. The Kier molecular flexibility index (Phi) is 6.28. The van der Waals surface area contributed by atoms with Crippen LogP contribution in [0.2, 0.25) is 0 Å². The van der Waals surface area contributed by atoms with Gasteiger partial charge < -0.3 is 10.4 Å². The third-order valence-electron chi connectivity index (χ3n) is 4.97. The summed E-state index contributed by atoms with van der Waals surface area (Å²) in [5, 5.41) is 15.4. The lowest BCUT2D eigenvalue weighted by Crippen LogP contribution is -2.29. The van der Waals surface area contributed by atoms with E-state index in [0.29, 0.717) is 16.8 Å². The van der Waals surface area contributed by atoms with Crippen LogP contribution in [0.4, 0.5) is 11.4 Å². The van der Waals surface area contributed by atoms with E-state index >= 15 is 0 Å². The molecule has 4 N–H and O–H groups in total. The first-order valence-corrected chi connectivity index (χ1v) is 10.2. The van der Waals surface area contributed by atoms with Crippen LogP contribution in [-0.2, 0) is 0 Å². The molecule has 0 saturated heterocycles. The van der Waals surface area contributed by atoms with Crippen LogP contribution in [0.5, 0.6) is 5.75 Å². The first-order valence-electron chi connectivity index (χ1n) is 10.2. The van der Waals surface area contributed by atoms with Crippen LogP contribution in [0.25, 0.3) is 10.8 Å². The minimum atomic E-state index is -0.377. The van der Waals surface area contributed by atoms with E-state index in [2.05, 4.69) is 27.2 Å². The maximum atomic E-state index is 13.1. The number of allylic oxidation sites excluding steroid dienone is 3. The number of rotatable bonds is 4. The number of benzene rings is 3. The van der Waals surface area contributed by atoms with Crippen molar-refractivity contribution in [3.05, 3.63) is 90.7 Å². The first kappa shape index (κ1) is 20.2. The molecule has 0 unspecified atom stereocenters. The molecular weight excluding hydrogens is 388 g/mol. The lowest BCUT2D eigenvalue weighted by atomic mass is 10.0. The molecule has 6 heteroatoms. The number of phenolic OH excluding ortho intramolecular Hbond substituents is 1. The van der Waals surface area contributed by atoms with Crippen LogP contribution >= 0.6 is 0 Å². The quantitative estimate of drug-likeness (QED) is 0.343. The zero-order chi connectivity index (χ0) is 21.5. The molecule has 1 heterocycles. The van der Waals surface area contributed by atoms with Gasteiger partial charge in [-0.2, -0.15) is 0 Å². The van der Waals surface area contributed by atoms with Gasteiger partial charge in [0.2, 0.25) is 0 Å². The topological polar surface area (TPSA) is 85.8 Å². The van der Waals surface area contributed by atoms with Gasteiger partial charge in [0.05, 0.1) is 11.3 Å². The third-order valence-corrected chi connectivity index (χ3v) is 4.97. The number of fused-ring (bicyclic) bond motifs is 1. The predicted molar refractivity (Wildman–Crippen MR) is 126 cm³/mol. The maximum absolute atomic E-state index is 13.1. The van der Waals surface area contributed by atoms with E-state index in [9.17, 15) is 9.90 Å². The number of phenols is 1. The van der Waals surface area contributed by atoms with Gasteiger partial charge in [0, 0.05) is 18.3 Å². The molecule has 3 aromatic carbocycles. The van der Waals surface area contributed by atoms with Gasteiger partial charge in [-0.15, -0.1) is 0 Å². The van der Waals surface area contributed by atoms with Crippen LogP contribution in [-0.4, -0.2) is 16.8 Å². The van der Waals surface area contributed by atoms with Crippen LogP contribution < -0.4 is 16.2 Å². The minimum Gasteiger partial charge on any atom is -0.505 e. The van der Waals surface area contributed by atoms with E-state index in [1.54, 1.807) is 18.3 Å². The fourth-order valence-electron chi connectivity index (χ4n) is 3.42. The molecule has 1 aliphatic rings. The Labute approximate surface area is 181 Å². The number of nitrogens with zero attached hydrogens (tertiary/aromatic N) is 1. The summed E-state index contributed by atoms with van der Waals surface area (Å²) in [4.78, 5) is 17.5. The van der Waals surface area contributed by atoms with E-state index in [0.717, 1.165) is 30.5 Å². The summed E-state index contributed by atoms with van der Waals surface area (Å²) in [7, 11) is 0. The second kappa shape index (κ2) is 9.63. The van der Waals surface area contributed by atoms with Crippen molar-refractivity contribution in [2.24, 2.45) is 4.99 Å². The summed E-state index contributed by atoms with van der Waals surface area (Å²) in [6.45, 7) is 0. The van der Waals surface area contributed by atoms with E-state index in [1.807, 2.05) is 60.7 Å². The van der Waals surface area contributed by atoms with E-state index < -0.39 is 0 Å². The minimum absolute atomic E-state index is 0.125. The molecule has 0 saturated carbocycles. The normalized spacial score (nSPS) is 15.7. The molecule has 0 aliphatic carbocycles. The number of para-hydroxylation sites is 1. The van der Waals surface area contributed by atoms with Crippen LogP contribution in [0, 0.1) is 0 Å². The van der Waals surface area contributed by atoms with Gasteiger partial charge in [0.25, 0.3) is 5.91 Å². The van der Waals surface area contributed by atoms with Gasteiger partial charge in [-0.1, -0.05) is 54.6 Å². The molecule has 1 aliphatic heterocycles. The predicted octanol–water partition coefficient (Wildman–Crippen LogP) is 5.37. The molecule has 0 aromatic heterocycles. The maximum Gasteiger partial charge on any atom is 0.260 e. The van der Waals surface area contributed by atoms with Crippen LogP contribution in [0.15, 0.2) is 90.1 Å². The molecule has 0 bridgehead atoms. The number of carbonyl (C=O) groups excluding carboxylic acids is 1. The zero-order valence-electron chi connectivity index (χ0n) is 17.0. The van der Waals surface area contributed by atoms with Gasteiger partial charge in [-0.25, -0.2) is 4.99 Å². The van der Waals surface area contributed by atoms with E-state index in [-0.39, 0.29) is 17.2 Å². The van der Waals surface area contributed by atoms with Crippen molar-refractivity contribution >= 4 is 33.9 Å². The van der Waals surface area contributed by atoms with Gasteiger partial charge in [0.1, 0.15) is 5.84 Å². The number of hydrazine groups is 1. The average molecular weight is 412 g/mol. The molecule has 1 amide bonds. The number of hydrogen-bond donors (Lipinski definition) is 4. The summed E-state index contributed by atoms with van der Waals surface area (Å²) >= 11 is 0. The Morgan fingerprint density at radius 2 is 1.77 bits per heavy atom. The zero-order valence-corrected chi connectivity index (χ0v) is 17.0. The van der Waals surface area contributed by atoms with Crippen molar-refractivity contribution < 1.29 is 9.90 Å². The summed E-state index contributed by atoms with van der Waals surface area (Å²) < 4.78 is 0. The molecule has 0 spiro atoms. The van der Waals surface area contributed by atoms with Gasteiger partial charge in [0.15, 0.2) is 5.75 Å². The molecular formula is C25H24N4O2. The lowest BCUT2D eigenvalue weighted by molar-refractivity contribution is 0.102. The van der Waals surface area contributed by atoms with Crippen molar-refractivity contribution in [3.8, 4) is 5.75 Å². The molecule has 0 fully saturated rings. The first-order chi connectivity index (χ1) is 15.2. The van der Waals surface area contributed by atoms with E-state index in [4.69, 9.17) is 0 Å². The standard InChI is InChI=1S/C25H24N4O2/c30-24-21(28-29-22-15-7-2-1-3-10-16-26-22)17-18-11-8-9-14-20(18)23(24)25(31)27-19-12-5-4-6-13-19/h1,3-6,8-14,16-17,28,30H,2,7,15H2,(H,26,29)(H,27,31)/b3-1-,16-10-. The fourth-order valence-corrected chi connectivity index (χ4v) is 3.42.